The van der Waals surface area contributed by atoms with Crippen molar-refractivity contribution in [3.8, 4) is 0 Å². The molecule has 0 aliphatic rings. The van der Waals surface area contributed by atoms with Crippen LogP contribution in [-0.2, 0) is 13.0 Å². The van der Waals surface area contributed by atoms with Crippen LogP contribution in [-0.4, -0.2) is 5.91 Å². The monoisotopic (exact) mass is 272 g/mol. The first-order chi connectivity index (χ1) is 9.63. The summed E-state index contributed by atoms with van der Waals surface area (Å²) in [5, 5.41) is 2.56. The third kappa shape index (κ3) is 3.22. The van der Waals surface area contributed by atoms with Crippen LogP contribution in [0.2, 0.25) is 0 Å². The van der Waals surface area contributed by atoms with Crippen molar-refractivity contribution in [2.24, 2.45) is 5.73 Å². The average Bonchev–Trinajstić information content (AvgIpc) is 2.49. The molecule has 0 saturated carbocycles. The standard InChI is InChI=1S/C16H17FN2O/c1-2-11-3-6-13(7-4-11)16(20)19-15-8-5-12(10-18)9-14(15)17/h3-9H,2,10,18H2,1H3,(H,19,20). The van der Waals surface area contributed by atoms with Crippen molar-refractivity contribution in [3.63, 3.8) is 0 Å². The van der Waals surface area contributed by atoms with Gasteiger partial charge < -0.3 is 11.1 Å². The molecule has 0 aliphatic carbocycles. The van der Waals surface area contributed by atoms with Crippen molar-refractivity contribution in [2.45, 2.75) is 19.9 Å². The summed E-state index contributed by atoms with van der Waals surface area (Å²) in [5.74, 6) is -0.807. The summed E-state index contributed by atoms with van der Waals surface area (Å²) in [4.78, 5) is 12.0. The van der Waals surface area contributed by atoms with Crippen LogP contribution in [0.4, 0.5) is 10.1 Å². The topological polar surface area (TPSA) is 55.1 Å². The molecule has 0 radical (unpaired) electrons. The molecule has 0 atom stereocenters. The van der Waals surface area contributed by atoms with Gasteiger partial charge in [-0.05, 0) is 41.8 Å². The Morgan fingerprint density at radius 1 is 1.15 bits per heavy atom. The molecule has 2 aromatic rings. The first-order valence-electron chi connectivity index (χ1n) is 6.52. The van der Waals surface area contributed by atoms with Gasteiger partial charge in [0, 0.05) is 12.1 Å². The molecular weight excluding hydrogens is 255 g/mol. The zero-order valence-electron chi connectivity index (χ0n) is 11.3. The number of nitrogens with one attached hydrogen (secondary N) is 1. The Bertz CT molecular complexity index is 608. The first kappa shape index (κ1) is 14.2. The molecule has 0 fully saturated rings. The number of halogens is 1. The van der Waals surface area contributed by atoms with Crippen LogP contribution in [0.5, 0.6) is 0 Å². The second-order valence-corrected chi connectivity index (χ2v) is 4.52. The molecule has 0 unspecified atom stereocenters. The molecular formula is C16H17FN2O. The number of nitrogens with two attached hydrogens (primary N) is 1. The van der Waals surface area contributed by atoms with Crippen LogP contribution >= 0.6 is 0 Å². The predicted molar refractivity (Wildman–Crippen MR) is 78.1 cm³/mol. The molecule has 1 amide bonds. The van der Waals surface area contributed by atoms with Gasteiger partial charge in [0.25, 0.3) is 5.91 Å². The molecule has 4 heteroatoms. The van der Waals surface area contributed by atoms with Crippen molar-refractivity contribution in [1.29, 1.82) is 0 Å². The second kappa shape index (κ2) is 6.30. The lowest BCUT2D eigenvalue weighted by molar-refractivity contribution is 0.102. The van der Waals surface area contributed by atoms with E-state index in [2.05, 4.69) is 5.32 Å². The zero-order chi connectivity index (χ0) is 14.5. The Balaban J connectivity index is 2.14. The molecule has 0 spiro atoms. The van der Waals surface area contributed by atoms with Crippen LogP contribution in [0.25, 0.3) is 0 Å². The van der Waals surface area contributed by atoms with Crippen LogP contribution in [0.3, 0.4) is 0 Å². The molecule has 0 heterocycles. The van der Waals surface area contributed by atoms with E-state index in [1.807, 2.05) is 19.1 Å². The summed E-state index contributed by atoms with van der Waals surface area (Å²) in [5.41, 5.74) is 7.94. The fraction of sp³-hybridized carbons (Fsp3) is 0.188. The van der Waals surface area contributed by atoms with E-state index in [-0.39, 0.29) is 18.1 Å². The van der Waals surface area contributed by atoms with Gasteiger partial charge in [-0.1, -0.05) is 25.1 Å². The van der Waals surface area contributed by atoms with Gasteiger partial charge in [-0.2, -0.15) is 0 Å². The van der Waals surface area contributed by atoms with Crippen molar-refractivity contribution in [3.05, 3.63) is 65.0 Å². The first-order valence-corrected chi connectivity index (χ1v) is 6.52. The predicted octanol–water partition coefficient (Wildman–Crippen LogP) is 3.10. The van der Waals surface area contributed by atoms with Gasteiger partial charge in [0.2, 0.25) is 0 Å². The van der Waals surface area contributed by atoms with E-state index in [4.69, 9.17) is 5.73 Å². The summed E-state index contributed by atoms with van der Waals surface area (Å²) < 4.78 is 13.8. The van der Waals surface area contributed by atoms with Crippen LogP contribution in [0, 0.1) is 5.82 Å². The summed E-state index contributed by atoms with van der Waals surface area (Å²) in [6.07, 6.45) is 0.914. The number of benzene rings is 2. The van der Waals surface area contributed by atoms with Crippen molar-refractivity contribution >= 4 is 11.6 Å². The average molecular weight is 272 g/mol. The molecule has 0 aromatic heterocycles. The number of hydrogen-bond donors (Lipinski definition) is 2. The van der Waals surface area contributed by atoms with Gasteiger partial charge in [-0.3, -0.25) is 4.79 Å². The lowest BCUT2D eigenvalue weighted by Crippen LogP contribution is -2.13. The second-order valence-electron chi connectivity index (χ2n) is 4.52. The fourth-order valence-electron chi connectivity index (χ4n) is 1.87. The minimum atomic E-state index is -0.480. The maximum Gasteiger partial charge on any atom is 0.255 e. The normalized spacial score (nSPS) is 10.3. The van der Waals surface area contributed by atoms with E-state index in [1.54, 1.807) is 18.2 Å². The SMILES string of the molecule is CCc1ccc(C(=O)Nc2ccc(CN)cc2F)cc1. The highest BCUT2D eigenvalue weighted by Crippen LogP contribution is 2.17. The summed E-state index contributed by atoms with van der Waals surface area (Å²) >= 11 is 0. The van der Waals surface area contributed by atoms with E-state index >= 15 is 0 Å². The molecule has 0 saturated heterocycles. The van der Waals surface area contributed by atoms with E-state index in [1.165, 1.54) is 12.1 Å². The van der Waals surface area contributed by atoms with Crippen molar-refractivity contribution < 1.29 is 9.18 Å². The van der Waals surface area contributed by atoms with E-state index in [9.17, 15) is 9.18 Å². The molecule has 0 bridgehead atoms. The van der Waals surface area contributed by atoms with Gasteiger partial charge in [-0.25, -0.2) is 4.39 Å². The number of aryl methyl sites for hydroxylation is 1. The maximum atomic E-state index is 13.8. The number of carbonyl (C=O) groups is 1. The largest absolute Gasteiger partial charge is 0.326 e. The van der Waals surface area contributed by atoms with Gasteiger partial charge >= 0.3 is 0 Å². The van der Waals surface area contributed by atoms with Crippen LogP contribution in [0.1, 0.15) is 28.4 Å². The highest BCUT2D eigenvalue weighted by atomic mass is 19.1. The molecule has 104 valence electrons. The Kier molecular flexibility index (Phi) is 4.48. The number of amides is 1. The van der Waals surface area contributed by atoms with Gasteiger partial charge in [0.05, 0.1) is 5.69 Å². The Morgan fingerprint density at radius 2 is 1.80 bits per heavy atom. The quantitative estimate of drug-likeness (QED) is 0.898. The third-order valence-electron chi connectivity index (χ3n) is 3.14. The van der Waals surface area contributed by atoms with Crippen molar-refractivity contribution in [1.82, 2.24) is 0 Å². The van der Waals surface area contributed by atoms with E-state index in [0.717, 1.165) is 12.0 Å². The minimum absolute atomic E-state index is 0.159. The van der Waals surface area contributed by atoms with Gasteiger partial charge in [0.15, 0.2) is 0 Å². The summed E-state index contributed by atoms with van der Waals surface area (Å²) in [6.45, 7) is 2.31. The smallest absolute Gasteiger partial charge is 0.255 e. The van der Waals surface area contributed by atoms with E-state index < -0.39 is 5.82 Å². The molecule has 3 nitrogen and oxygen atoms in total. The summed E-state index contributed by atoms with van der Waals surface area (Å²) in [6, 6.07) is 11.8. The van der Waals surface area contributed by atoms with Gasteiger partial charge in [0.1, 0.15) is 5.82 Å². The fourth-order valence-corrected chi connectivity index (χ4v) is 1.87. The third-order valence-corrected chi connectivity index (χ3v) is 3.14. The number of hydrogen-bond acceptors (Lipinski definition) is 2. The lowest BCUT2D eigenvalue weighted by atomic mass is 10.1. The highest BCUT2D eigenvalue weighted by Gasteiger charge is 2.09. The Morgan fingerprint density at radius 3 is 2.35 bits per heavy atom. The van der Waals surface area contributed by atoms with Crippen LogP contribution < -0.4 is 11.1 Å². The zero-order valence-corrected chi connectivity index (χ0v) is 11.3. The Hall–Kier alpha value is -2.20. The minimum Gasteiger partial charge on any atom is -0.326 e. The molecule has 3 N–H and O–H groups in total. The molecule has 2 rings (SSSR count). The van der Waals surface area contributed by atoms with E-state index in [0.29, 0.717) is 11.1 Å². The van der Waals surface area contributed by atoms with Crippen LogP contribution in [0.15, 0.2) is 42.5 Å². The highest BCUT2D eigenvalue weighted by molar-refractivity contribution is 6.04. The number of carbonyl (C=O) groups excluding carboxylic acids is 1. The maximum absolute atomic E-state index is 13.8. The summed E-state index contributed by atoms with van der Waals surface area (Å²) in [7, 11) is 0. The molecule has 2 aromatic carbocycles. The van der Waals surface area contributed by atoms with Gasteiger partial charge in [-0.15, -0.1) is 0 Å². The van der Waals surface area contributed by atoms with Crippen molar-refractivity contribution in [2.75, 3.05) is 5.32 Å². The Labute approximate surface area is 117 Å². The number of rotatable bonds is 4. The molecule has 20 heavy (non-hydrogen) atoms. The lowest BCUT2D eigenvalue weighted by Gasteiger charge is -2.08. The molecule has 0 aliphatic heterocycles. The number of anilines is 1.